The molecule has 2 fully saturated rings. The third kappa shape index (κ3) is 4.87. The zero-order valence-electron chi connectivity index (χ0n) is 20.3. The molecule has 40 heavy (non-hydrogen) atoms. The molecular weight excluding hydrogens is 560 g/mol. The lowest BCUT2D eigenvalue weighted by Crippen LogP contribution is -2.34. The molecule has 4 heterocycles. The minimum atomic E-state index is -5.77. The Bertz CT molecular complexity index is 1660. The number of aromatic amines is 1. The Morgan fingerprint density at radius 3 is 2.23 bits per heavy atom. The number of nitrogens with one attached hydrogen (secondary N) is 1. The molecule has 4 atom stereocenters. The Hall–Kier alpha value is -3.72. The Morgan fingerprint density at radius 1 is 0.925 bits per heavy atom. The number of aromatic nitrogens is 2. The van der Waals surface area contributed by atoms with Gasteiger partial charge in [0.05, 0.1) is 24.2 Å². The number of rotatable bonds is 6. The van der Waals surface area contributed by atoms with Gasteiger partial charge in [0.1, 0.15) is 29.8 Å². The number of aliphatic hydroxyl groups excluding tert-OH is 1. The summed E-state index contributed by atoms with van der Waals surface area (Å²) in [5, 5.41) is 9.90. The van der Waals surface area contributed by atoms with Crippen molar-refractivity contribution < 1.29 is 49.5 Å². The number of halogens is 4. The summed E-state index contributed by atoms with van der Waals surface area (Å²) < 4.78 is 96.1. The predicted octanol–water partition coefficient (Wildman–Crippen LogP) is 4.17. The van der Waals surface area contributed by atoms with E-state index in [9.17, 15) is 31.1 Å². The van der Waals surface area contributed by atoms with Gasteiger partial charge < -0.3 is 28.5 Å². The maximum absolute atomic E-state index is 15.0. The summed E-state index contributed by atoms with van der Waals surface area (Å²) in [4.78, 5) is 7.41. The van der Waals surface area contributed by atoms with Gasteiger partial charge in [-0.1, -0.05) is 36.4 Å². The van der Waals surface area contributed by atoms with E-state index >= 15 is 0 Å². The van der Waals surface area contributed by atoms with E-state index in [4.69, 9.17) is 14.2 Å². The summed E-state index contributed by atoms with van der Waals surface area (Å²) in [5.41, 5.74) is -2.87. The summed E-state index contributed by atoms with van der Waals surface area (Å²) in [6.07, 6.45) is -2.00. The number of pyridine rings is 1. The molecule has 0 aliphatic carbocycles. The van der Waals surface area contributed by atoms with Crippen molar-refractivity contribution in [2.75, 3.05) is 13.2 Å². The molecule has 2 aliphatic rings. The van der Waals surface area contributed by atoms with E-state index in [1.807, 2.05) is 0 Å². The van der Waals surface area contributed by atoms with Crippen LogP contribution < -0.4 is 8.92 Å². The number of hydrogen-bond donors (Lipinski definition) is 2. The van der Waals surface area contributed by atoms with Crippen LogP contribution in [0.1, 0.15) is 0 Å². The van der Waals surface area contributed by atoms with Crippen molar-refractivity contribution in [1.82, 2.24) is 9.97 Å². The van der Waals surface area contributed by atoms with Gasteiger partial charge in [-0.2, -0.15) is 21.6 Å². The third-order valence-electron chi connectivity index (χ3n) is 6.63. The molecule has 14 heteroatoms. The predicted molar refractivity (Wildman–Crippen MR) is 132 cm³/mol. The van der Waals surface area contributed by atoms with Gasteiger partial charge in [0, 0.05) is 17.7 Å². The van der Waals surface area contributed by atoms with E-state index in [0.717, 1.165) is 12.1 Å². The third-order valence-corrected chi connectivity index (χ3v) is 7.61. The highest BCUT2D eigenvalue weighted by molar-refractivity contribution is 7.88. The van der Waals surface area contributed by atoms with Crippen LogP contribution in [0.4, 0.5) is 17.6 Å². The van der Waals surface area contributed by atoms with Crippen LogP contribution in [0, 0.1) is 5.82 Å². The first-order chi connectivity index (χ1) is 19.0. The highest BCUT2D eigenvalue weighted by Crippen LogP contribution is 2.33. The van der Waals surface area contributed by atoms with E-state index in [1.54, 1.807) is 30.3 Å². The van der Waals surface area contributed by atoms with Crippen LogP contribution in [0.2, 0.25) is 0 Å². The lowest BCUT2D eigenvalue weighted by Gasteiger charge is -2.16. The van der Waals surface area contributed by atoms with Crippen LogP contribution in [0.3, 0.4) is 0 Å². The minimum absolute atomic E-state index is 0.0946. The van der Waals surface area contributed by atoms with Crippen molar-refractivity contribution in [3.05, 3.63) is 66.5 Å². The fourth-order valence-electron chi connectivity index (χ4n) is 4.68. The zero-order valence-corrected chi connectivity index (χ0v) is 21.1. The van der Waals surface area contributed by atoms with Gasteiger partial charge in [-0.25, -0.2) is 9.37 Å². The van der Waals surface area contributed by atoms with Crippen LogP contribution >= 0.6 is 0 Å². The molecular formula is C26H20F4N2O7S. The summed E-state index contributed by atoms with van der Waals surface area (Å²) in [6.45, 7) is 0.409. The van der Waals surface area contributed by atoms with Gasteiger partial charge in [0.25, 0.3) is 0 Å². The van der Waals surface area contributed by atoms with Gasteiger partial charge in [-0.05, 0) is 23.3 Å². The first-order valence-corrected chi connectivity index (χ1v) is 13.4. The Kier molecular flexibility index (Phi) is 6.45. The van der Waals surface area contributed by atoms with Crippen LogP contribution in [-0.2, 0) is 19.6 Å². The summed E-state index contributed by atoms with van der Waals surface area (Å²) in [6, 6.07) is 14.5. The Labute approximate surface area is 224 Å². The zero-order chi connectivity index (χ0) is 28.2. The molecule has 9 nitrogen and oxygen atoms in total. The highest BCUT2D eigenvalue weighted by atomic mass is 32.2. The van der Waals surface area contributed by atoms with Crippen molar-refractivity contribution in [2.45, 2.75) is 29.9 Å². The number of nitrogens with zero attached hydrogens (tertiary/aromatic N) is 1. The lowest BCUT2D eigenvalue weighted by molar-refractivity contribution is -0.0500. The molecule has 0 radical (unpaired) electrons. The van der Waals surface area contributed by atoms with Crippen LogP contribution in [0.25, 0.3) is 33.4 Å². The number of hydrogen-bond acceptors (Lipinski definition) is 8. The molecule has 2 aromatic heterocycles. The van der Waals surface area contributed by atoms with E-state index < -0.39 is 51.6 Å². The van der Waals surface area contributed by atoms with Crippen molar-refractivity contribution in [3.63, 3.8) is 0 Å². The topological polar surface area (TPSA) is 120 Å². The normalized spacial score (nSPS) is 22.9. The quantitative estimate of drug-likeness (QED) is 0.198. The molecule has 210 valence electrons. The smallest absolute Gasteiger partial charge is 0.470 e. The van der Waals surface area contributed by atoms with E-state index in [-0.39, 0.29) is 18.9 Å². The molecule has 0 spiro atoms. The maximum atomic E-state index is 15.0. The molecule has 0 amide bonds. The molecule has 4 aromatic rings. The van der Waals surface area contributed by atoms with Crippen molar-refractivity contribution >= 4 is 21.2 Å². The second-order valence-corrected chi connectivity index (χ2v) is 10.8. The molecule has 6 rings (SSSR count). The molecule has 2 aromatic carbocycles. The van der Waals surface area contributed by atoms with Crippen LogP contribution in [0.5, 0.6) is 11.6 Å². The fraction of sp³-hybridized carbons (Fsp3) is 0.269. The number of alkyl halides is 3. The van der Waals surface area contributed by atoms with Crippen molar-refractivity contribution in [1.29, 1.82) is 0 Å². The van der Waals surface area contributed by atoms with Crippen LogP contribution in [0.15, 0.2) is 60.7 Å². The molecule has 0 saturated carbocycles. The molecule has 0 bridgehead atoms. The second kappa shape index (κ2) is 9.73. The number of fused-ring (bicyclic) bond motifs is 2. The monoisotopic (exact) mass is 580 g/mol. The van der Waals surface area contributed by atoms with Crippen LogP contribution in [-0.4, -0.2) is 66.6 Å². The Morgan fingerprint density at radius 2 is 1.55 bits per heavy atom. The SMILES string of the molecule is O=S(=O)(Oc1ccc(-c2ccc(-c3nc4cc(O[C@@H]5CO[C@H]6[C@@H]5OC[C@H]6O)[nH]c4cc3F)cc2)cc1)C(F)(F)F. The minimum Gasteiger partial charge on any atom is -0.470 e. The average molecular weight is 581 g/mol. The second-order valence-electron chi connectivity index (χ2n) is 9.29. The number of ether oxygens (including phenoxy) is 3. The van der Waals surface area contributed by atoms with Crippen molar-refractivity contribution in [2.24, 2.45) is 0 Å². The van der Waals surface area contributed by atoms with Gasteiger partial charge in [-0.15, -0.1) is 0 Å². The van der Waals surface area contributed by atoms with E-state index in [1.165, 1.54) is 18.2 Å². The molecule has 2 saturated heterocycles. The lowest BCUT2D eigenvalue weighted by atomic mass is 10.0. The molecule has 0 unspecified atom stereocenters. The van der Waals surface area contributed by atoms with Gasteiger partial charge in [0.15, 0.2) is 17.8 Å². The molecule has 2 aliphatic heterocycles. The molecule has 2 N–H and O–H groups in total. The van der Waals surface area contributed by atoms with Gasteiger partial charge in [-0.3, -0.25) is 0 Å². The van der Waals surface area contributed by atoms with Gasteiger partial charge in [0.2, 0.25) is 0 Å². The first-order valence-electron chi connectivity index (χ1n) is 12.0. The Balaban J connectivity index is 1.18. The van der Waals surface area contributed by atoms with Gasteiger partial charge >= 0.3 is 15.6 Å². The number of aliphatic hydroxyl groups is 1. The maximum Gasteiger partial charge on any atom is 0.534 e. The number of benzene rings is 2. The van der Waals surface area contributed by atoms with E-state index in [2.05, 4.69) is 14.2 Å². The first kappa shape index (κ1) is 26.5. The summed E-state index contributed by atoms with van der Waals surface area (Å²) in [5.74, 6) is -0.711. The highest BCUT2D eigenvalue weighted by Gasteiger charge is 2.49. The number of H-pyrrole nitrogens is 1. The van der Waals surface area contributed by atoms with E-state index in [0.29, 0.717) is 33.6 Å². The fourth-order valence-corrected chi connectivity index (χ4v) is 5.14. The standard InChI is InChI=1S/C26H20F4N2O7S/c27-17-9-18-19(10-22(31-18)38-21-12-37-24-20(33)11-36-25(21)24)32-23(17)15-3-1-13(2-4-15)14-5-7-16(8-6-14)39-40(34,35)26(28,29)30/h1-10,20-21,24-25,31,33H,11-12H2/t20-,21-,24-,25-/m1/s1. The van der Waals surface area contributed by atoms with Crippen molar-refractivity contribution in [3.8, 4) is 34.0 Å². The summed E-state index contributed by atoms with van der Waals surface area (Å²) >= 11 is 0. The average Bonchev–Trinajstić information content (AvgIpc) is 3.60. The summed E-state index contributed by atoms with van der Waals surface area (Å²) in [7, 11) is -5.77. The largest absolute Gasteiger partial charge is 0.534 e.